The third-order valence-corrected chi connectivity index (χ3v) is 8.99. The van der Waals surface area contributed by atoms with E-state index in [0.717, 1.165) is 63.4 Å². The molecule has 13 heteroatoms. The van der Waals surface area contributed by atoms with Gasteiger partial charge in [0.25, 0.3) is 0 Å². The number of aryl methyl sites for hydroxylation is 1. The molecule has 0 saturated carbocycles. The van der Waals surface area contributed by atoms with Crippen LogP contribution < -0.4 is 25.4 Å². The van der Waals surface area contributed by atoms with Gasteiger partial charge in [0, 0.05) is 62.8 Å². The van der Waals surface area contributed by atoms with Gasteiger partial charge in [-0.1, -0.05) is 29.8 Å². The maximum absolute atomic E-state index is 11.7. The number of hydrogen-bond acceptors (Lipinski definition) is 10. The van der Waals surface area contributed by atoms with Gasteiger partial charge in [-0.25, -0.2) is 18.5 Å². The van der Waals surface area contributed by atoms with Crippen LogP contribution in [0.5, 0.6) is 5.75 Å². The second-order valence-electron chi connectivity index (χ2n) is 11.0. The monoisotopic (exact) mass is 614 g/mol. The van der Waals surface area contributed by atoms with Gasteiger partial charge < -0.3 is 25.2 Å². The molecule has 3 heterocycles. The van der Waals surface area contributed by atoms with Gasteiger partial charge in [-0.15, -0.1) is 0 Å². The van der Waals surface area contributed by atoms with Gasteiger partial charge in [-0.3, -0.25) is 4.90 Å². The van der Waals surface area contributed by atoms with E-state index in [1.807, 2.05) is 6.07 Å². The number of rotatable bonds is 9. The summed E-state index contributed by atoms with van der Waals surface area (Å²) < 4.78 is 29.2. The first-order valence-corrected chi connectivity index (χ1v) is 16.2. The number of methoxy groups -OCH3 is 1. The van der Waals surface area contributed by atoms with Crippen LogP contribution in [0.25, 0.3) is 0 Å². The van der Waals surface area contributed by atoms with E-state index in [-0.39, 0.29) is 10.8 Å². The summed E-state index contributed by atoms with van der Waals surface area (Å²) in [6, 6.07) is 11.7. The standard InChI is InChI=1S/C29H39ClN8O3S/c1-20-16-25(27(41-3)17-26(20)38-10-8-22(9-11-38)37-14-12-36(2)13-15-37)34-29-32-18-23(30)28(35-29)33-24-7-5-4-6-21(24)19-42(31,39)40/h4-7,16-18,22H,8-15,19H2,1-3H3,(H2,31,39,40)(H2,32,33,34,35). The molecular weight excluding hydrogens is 576 g/mol. The lowest BCUT2D eigenvalue weighted by Crippen LogP contribution is -2.52. The number of primary sulfonamides is 1. The number of sulfonamides is 1. The van der Waals surface area contributed by atoms with E-state index in [0.29, 0.717) is 34.8 Å². The zero-order valence-electron chi connectivity index (χ0n) is 24.3. The molecule has 0 unspecified atom stereocenters. The number of aromatic nitrogens is 2. The topological polar surface area (TPSA) is 129 Å². The highest BCUT2D eigenvalue weighted by Crippen LogP contribution is 2.36. The first-order valence-electron chi connectivity index (χ1n) is 14.1. The Bertz CT molecular complexity index is 1510. The fraction of sp³-hybridized carbons (Fsp3) is 0.448. The molecule has 0 bridgehead atoms. The smallest absolute Gasteiger partial charge is 0.229 e. The number of anilines is 5. The number of ether oxygens (including phenoxy) is 1. The lowest BCUT2D eigenvalue weighted by molar-refractivity contribution is 0.0982. The predicted molar refractivity (Wildman–Crippen MR) is 169 cm³/mol. The number of nitrogens with one attached hydrogen (secondary N) is 2. The number of piperidine rings is 1. The van der Waals surface area contributed by atoms with Crippen LogP contribution in [0.3, 0.4) is 0 Å². The van der Waals surface area contributed by atoms with Crippen LogP contribution in [0.4, 0.5) is 28.8 Å². The van der Waals surface area contributed by atoms with Crippen molar-refractivity contribution in [2.24, 2.45) is 5.14 Å². The fourth-order valence-corrected chi connectivity index (χ4v) is 6.51. The molecule has 4 N–H and O–H groups in total. The van der Waals surface area contributed by atoms with Crippen LogP contribution in [-0.2, 0) is 15.8 Å². The van der Waals surface area contributed by atoms with Crippen LogP contribution in [0.2, 0.25) is 5.02 Å². The SMILES string of the molecule is COc1cc(N2CCC(N3CCN(C)CC3)CC2)c(C)cc1Nc1ncc(Cl)c(Nc2ccccc2CS(N)(=O)=O)n1. The number of nitrogens with two attached hydrogens (primary N) is 1. The molecule has 2 aromatic carbocycles. The van der Waals surface area contributed by atoms with Crippen molar-refractivity contribution >= 4 is 50.5 Å². The van der Waals surface area contributed by atoms with Gasteiger partial charge in [-0.05, 0) is 50.1 Å². The van der Waals surface area contributed by atoms with E-state index in [9.17, 15) is 8.42 Å². The molecule has 0 radical (unpaired) electrons. The van der Waals surface area contributed by atoms with Gasteiger partial charge in [0.15, 0.2) is 5.82 Å². The van der Waals surface area contributed by atoms with Crippen LogP contribution in [0.15, 0.2) is 42.6 Å². The van der Waals surface area contributed by atoms with Crippen LogP contribution in [0, 0.1) is 6.92 Å². The summed E-state index contributed by atoms with van der Waals surface area (Å²) in [6.45, 7) is 8.72. The van der Waals surface area contributed by atoms with E-state index in [1.165, 1.54) is 11.9 Å². The first kappa shape index (κ1) is 30.3. The number of hydrogen-bond donors (Lipinski definition) is 3. The molecule has 0 aliphatic carbocycles. The maximum atomic E-state index is 11.7. The molecule has 2 fully saturated rings. The summed E-state index contributed by atoms with van der Waals surface area (Å²) in [4.78, 5) is 16.4. The molecule has 2 aliphatic rings. The van der Waals surface area contributed by atoms with E-state index < -0.39 is 10.0 Å². The van der Waals surface area contributed by atoms with Gasteiger partial charge in [0.1, 0.15) is 10.8 Å². The van der Waals surface area contributed by atoms with Crippen LogP contribution in [-0.4, -0.2) is 87.7 Å². The third-order valence-electron chi connectivity index (χ3n) is 8.00. The molecule has 5 rings (SSSR count). The second-order valence-corrected chi connectivity index (χ2v) is 13.0. The number of para-hydroxylation sites is 1. The molecule has 2 saturated heterocycles. The van der Waals surface area contributed by atoms with Gasteiger partial charge in [0.2, 0.25) is 16.0 Å². The molecule has 0 atom stereocenters. The minimum atomic E-state index is -3.72. The molecule has 42 heavy (non-hydrogen) atoms. The van der Waals surface area contributed by atoms with Gasteiger partial charge in [0.05, 0.1) is 24.7 Å². The van der Waals surface area contributed by atoms with Gasteiger partial charge in [-0.2, -0.15) is 4.98 Å². The third kappa shape index (κ3) is 7.42. The molecular formula is C29H39ClN8O3S. The lowest BCUT2D eigenvalue weighted by Gasteiger charge is -2.43. The highest BCUT2D eigenvalue weighted by atomic mass is 35.5. The number of halogens is 1. The Balaban J connectivity index is 1.30. The van der Waals surface area contributed by atoms with Crippen molar-refractivity contribution in [2.45, 2.75) is 31.6 Å². The Kier molecular flexibility index (Phi) is 9.38. The Morgan fingerprint density at radius 1 is 1.05 bits per heavy atom. The number of likely N-dealkylation sites (N-methyl/N-ethyl adjacent to an activating group) is 1. The first-order chi connectivity index (χ1) is 20.1. The highest BCUT2D eigenvalue weighted by Gasteiger charge is 2.27. The molecule has 2 aliphatic heterocycles. The summed E-state index contributed by atoms with van der Waals surface area (Å²) in [5, 5.41) is 11.9. The predicted octanol–water partition coefficient (Wildman–Crippen LogP) is 3.94. The summed E-state index contributed by atoms with van der Waals surface area (Å²) in [7, 11) is 0.125. The quantitative estimate of drug-likeness (QED) is 0.326. The van der Waals surface area contributed by atoms with Crippen LogP contribution in [0.1, 0.15) is 24.0 Å². The minimum absolute atomic E-state index is 0.282. The average molecular weight is 615 g/mol. The highest BCUT2D eigenvalue weighted by molar-refractivity contribution is 7.88. The molecule has 226 valence electrons. The van der Waals surface area contributed by atoms with Crippen molar-refractivity contribution in [3.05, 3.63) is 58.7 Å². The van der Waals surface area contributed by atoms with Crippen molar-refractivity contribution in [1.29, 1.82) is 0 Å². The number of nitrogens with zero attached hydrogens (tertiary/aromatic N) is 5. The second kappa shape index (κ2) is 13.0. The maximum Gasteiger partial charge on any atom is 0.229 e. The summed E-state index contributed by atoms with van der Waals surface area (Å²) in [5.74, 6) is 1.000. The molecule has 11 nitrogen and oxygen atoms in total. The van der Waals surface area contributed by atoms with Crippen molar-refractivity contribution in [2.75, 3.05) is 69.0 Å². The fourth-order valence-electron chi connectivity index (χ4n) is 5.69. The average Bonchev–Trinajstić information content (AvgIpc) is 2.96. The van der Waals surface area contributed by atoms with Crippen molar-refractivity contribution < 1.29 is 13.2 Å². The molecule has 3 aromatic rings. The van der Waals surface area contributed by atoms with E-state index in [1.54, 1.807) is 31.4 Å². The van der Waals surface area contributed by atoms with E-state index in [2.05, 4.69) is 55.3 Å². The Morgan fingerprint density at radius 3 is 2.45 bits per heavy atom. The van der Waals surface area contributed by atoms with Crippen LogP contribution >= 0.6 is 11.6 Å². The van der Waals surface area contributed by atoms with Crippen molar-refractivity contribution in [3.63, 3.8) is 0 Å². The summed E-state index contributed by atoms with van der Waals surface area (Å²) in [5.41, 5.74) is 4.06. The number of benzene rings is 2. The lowest BCUT2D eigenvalue weighted by atomic mass is 10.0. The van der Waals surface area contributed by atoms with Gasteiger partial charge >= 0.3 is 0 Å². The van der Waals surface area contributed by atoms with Crippen molar-refractivity contribution in [1.82, 2.24) is 19.8 Å². The zero-order valence-corrected chi connectivity index (χ0v) is 25.9. The minimum Gasteiger partial charge on any atom is -0.494 e. The molecule has 0 amide bonds. The zero-order chi connectivity index (χ0) is 29.9. The molecule has 1 aromatic heterocycles. The Labute approximate surface area is 253 Å². The van der Waals surface area contributed by atoms with E-state index >= 15 is 0 Å². The van der Waals surface area contributed by atoms with E-state index in [4.69, 9.17) is 21.5 Å². The summed E-state index contributed by atoms with van der Waals surface area (Å²) in [6.07, 6.45) is 3.79. The largest absolute Gasteiger partial charge is 0.494 e. The Morgan fingerprint density at radius 2 is 1.76 bits per heavy atom. The molecule has 0 spiro atoms. The number of piperazine rings is 1. The van der Waals surface area contributed by atoms with Crippen molar-refractivity contribution in [3.8, 4) is 5.75 Å². The Hall–Kier alpha value is -3.16. The normalized spacial score (nSPS) is 17.3. The summed E-state index contributed by atoms with van der Waals surface area (Å²) >= 11 is 6.40.